The van der Waals surface area contributed by atoms with Gasteiger partial charge >= 0.3 is 0 Å². The predicted molar refractivity (Wildman–Crippen MR) is 86.8 cm³/mol. The van der Waals surface area contributed by atoms with E-state index in [1.807, 2.05) is 31.2 Å². The molecule has 22 heavy (non-hydrogen) atoms. The summed E-state index contributed by atoms with van der Waals surface area (Å²) in [6, 6.07) is 8.24. The highest BCUT2D eigenvalue weighted by Crippen LogP contribution is 2.16. The molecule has 2 aromatic rings. The summed E-state index contributed by atoms with van der Waals surface area (Å²) >= 11 is 0. The molecule has 0 spiro atoms. The average Bonchev–Trinajstić information content (AvgIpc) is 2.86. The summed E-state index contributed by atoms with van der Waals surface area (Å²) in [5.74, 6) is 0.00534. The Morgan fingerprint density at radius 3 is 3.00 bits per heavy atom. The first-order chi connectivity index (χ1) is 10.5. The Morgan fingerprint density at radius 2 is 2.23 bits per heavy atom. The molecular weight excluding hydrogens is 278 g/mol. The van der Waals surface area contributed by atoms with Gasteiger partial charge in [-0.15, -0.1) is 0 Å². The van der Waals surface area contributed by atoms with Crippen LogP contribution in [-0.2, 0) is 11.3 Å². The number of hydrogen-bond acceptors (Lipinski definition) is 3. The van der Waals surface area contributed by atoms with Gasteiger partial charge in [0.05, 0.1) is 0 Å². The summed E-state index contributed by atoms with van der Waals surface area (Å²) in [4.78, 5) is 28.5. The summed E-state index contributed by atoms with van der Waals surface area (Å²) in [7, 11) is 0. The second kappa shape index (κ2) is 5.93. The maximum absolute atomic E-state index is 12.2. The number of nitrogens with zero attached hydrogens (tertiary/aromatic N) is 1. The largest absolute Gasteiger partial charge is 0.352 e. The van der Waals surface area contributed by atoms with Gasteiger partial charge in [-0.2, -0.15) is 0 Å². The minimum Gasteiger partial charge on any atom is -0.352 e. The van der Waals surface area contributed by atoms with E-state index in [4.69, 9.17) is 0 Å². The van der Waals surface area contributed by atoms with Crippen LogP contribution < -0.4 is 10.9 Å². The number of likely N-dealkylation sites (tertiary alicyclic amines) is 1. The Morgan fingerprint density at radius 1 is 1.41 bits per heavy atom. The molecule has 1 aromatic carbocycles. The zero-order valence-electron chi connectivity index (χ0n) is 13.0. The Bertz CT molecular complexity index is 766. The van der Waals surface area contributed by atoms with Crippen molar-refractivity contribution in [2.75, 3.05) is 13.1 Å². The lowest BCUT2D eigenvalue weighted by atomic mass is 10.1. The number of nitrogens with one attached hydrogen (secondary N) is 2. The first-order valence-corrected chi connectivity index (χ1v) is 7.63. The molecule has 5 nitrogen and oxygen atoms in total. The van der Waals surface area contributed by atoms with Crippen molar-refractivity contribution in [1.82, 2.24) is 15.2 Å². The van der Waals surface area contributed by atoms with Crippen molar-refractivity contribution in [2.24, 2.45) is 0 Å². The Labute approximate surface area is 129 Å². The molecule has 2 heterocycles. The lowest BCUT2D eigenvalue weighted by Crippen LogP contribution is -2.35. The fourth-order valence-corrected chi connectivity index (χ4v) is 3.10. The normalized spacial score (nSPS) is 18.7. The standard InChI is InChI=1S/C17H21N3O2/c1-11-3-4-13-8-14(17(22)19-16(13)7-11)9-20-6-5-15(10-20)18-12(2)21/h3-4,7-8,15H,5-6,9-10H2,1-2H3,(H,18,21)(H,19,22). The van der Waals surface area contributed by atoms with Gasteiger partial charge in [0, 0.05) is 43.7 Å². The van der Waals surface area contributed by atoms with Crippen LogP contribution >= 0.6 is 0 Å². The van der Waals surface area contributed by atoms with E-state index in [1.165, 1.54) is 0 Å². The summed E-state index contributed by atoms with van der Waals surface area (Å²) in [6.07, 6.45) is 0.935. The maximum Gasteiger partial charge on any atom is 0.252 e. The Balaban J connectivity index is 1.77. The van der Waals surface area contributed by atoms with E-state index < -0.39 is 0 Å². The minimum absolute atomic E-state index is 0.00534. The molecule has 0 radical (unpaired) electrons. The number of amides is 1. The van der Waals surface area contributed by atoms with Crippen LogP contribution in [0, 0.1) is 6.92 Å². The van der Waals surface area contributed by atoms with E-state index in [1.54, 1.807) is 6.92 Å². The van der Waals surface area contributed by atoms with Crippen LogP contribution in [0.4, 0.5) is 0 Å². The molecule has 0 saturated carbocycles. The quantitative estimate of drug-likeness (QED) is 0.903. The monoisotopic (exact) mass is 299 g/mol. The molecule has 3 rings (SSSR count). The van der Waals surface area contributed by atoms with Crippen LogP contribution in [0.5, 0.6) is 0 Å². The predicted octanol–water partition coefficient (Wildman–Crippen LogP) is 1.55. The number of H-pyrrole nitrogens is 1. The fraction of sp³-hybridized carbons (Fsp3) is 0.412. The number of rotatable bonds is 3. The summed E-state index contributed by atoms with van der Waals surface area (Å²) in [6.45, 7) is 5.87. The number of carbonyl (C=O) groups is 1. The summed E-state index contributed by atoms with van der Waals surface area (Å²) < 4.78 is 0. The Hall–Kier alpha value is -2.14. The average molecular weight is 299 g/mol. The van der Waals surface area contributed by atoms with E-state index in [0.29, 0.717) is 6.54 Å². The van der Waals surface area contributed by atoms with Crippen molar-refractivity contribution in [2.45, 2.75) is 32.9 Å². The molecule has 1 atom stereocenters. The lowest BCUT2D eigenvalue weighted by Gasteiger charge is -2.16. The molecule has 1 unspecified atom stereocenters. The fourth-order valence-electron chi connectivity index (χ4n) is 3.10. The van der Waals surface area contributed by atoms with Gasteiger partial charge in [-0.1, -0.05) is 12.1 Å². The number of hydrogen-bond donors (Lipinski definition) is 2. The van der Waals surface area contributed by atoms with Crippen molar-refractivity contribution in [3.05, 3.63) is 45.7 Å². The number of fused-ring (bicyclic) bond motifs is 1. The maximum atomic E-state index is 12.2. The molecular formula is C17H21N3O2. The lowest BCUT2D eigenvalue weighted by molar-refractivity contribution is -0.119. The van der Waals surface area contributed by atoms with E-state index in [0.717, 1.165) is 41.5 Å². The highest BCUT2D eigenvalue weighted by Gasteiger charge is 2.23. The third-order valence-corrected chi connectivity index (χ3v) is 4.15. The van der Waals surface area contributed by atoms with Gasteiger partial charge in [0.2, 0.25) is 5.91 Å². The SMILES string of the molecule is CC(=O)NC1CCN(Cc2cc3ccc(C)cc3[nH]c2=O)C1. The van der Waals surface area contributed by atoms with Crippen LogP contribution in [0.1, 0.15) is 24.5 Å². The Kier molecular flexibility index (Phi) is 3.98. The third-order valence-electron chi connectivity index (χ3n) is 4.15. The number of benzene rings is 1. The van der Waals surface area contributed by atoms with Gasteiger partial charge in [0.25, 0.3) is 5.56 Å². The van der Waals surface area contributed by atoms with Crippen LogP contribution in [0.3, 0.4) is 0 Å². The number of aromatic amines is 1. The number of pyridine rings is 1. The van der Waals surface area contributed by atoms with Gasteiger partial charge in [-0.25, -0.2) is 0 Å². The minimum atomic E-state index is -0.0268. The van der Waals surface area contributed by atoms with Gasteiger partial charge in [-0.05, 0) is 36.4 Å². The zero-order chi connectivity index (χ0) is 15.7. The first-order valence-electron chi connectivity index (χ1n) is 7.63. The van der Waals surface area contributed by atoms with Crippen molar-refractivity contribution in [1.29, 1.82) is 0 Å². The second-order valence-electron chi connectivity index (χ2n) is 6.14. The molecule has 116 valence electrons. The number of carbonyl (C=O) groups excluding carboxylic acids is 1. The summed E-state index contributed by atoms with van der Waals surface area (Å²) in [5, 5.41) is 3.99. The molecule has 1 aromatic heterocycles. The molecule has 1 aliphatic heterocycles. The number of aromatic nitrogens is 1. The highest BCUT2D eigenvalue weighted by atomic mass is 16.1. The first kappa shape index (κ1) is 14.8. The zero-order valence-corrected chi connectivity index (χ0v) is 13.0. The van der Waals surface area contributed by atoms with Gasteiger partial charge in [0.15, 0.2) is 0 Å². The van der Waals surface area contributed by atoms with E-state index >= 15 is 0 Å². The van der Waals surface area contributed by atoms with Gasteiger partial charge in [-0.3, -0.25) is 14.5 Å². The van der Waals surface area contributed by atoms with Crippen molar-refractivity contribution in [3.63, 3.8) is 0 Å². The van der Waals surface area contributed by atoms with E-state index in [9.17, 15) is 9.59 Å². The molecule has 1 aliphatic rings. The number of aryl methyl sites for hydroxylation is 1. The third kappa shape index (κ3) is 3.20. The molecule has 1 fully saturated rings. The van der Waals surface area contributed by atoms with Crippen molar-refractivity contribution < 1.29 is 4.79 Å². The van der Waals surface area contributed by atoms with Gasteiger partial charge < -0.3 is 10.3 Å². The van der Waals surface area contributed by atoms with Crippen LogP contribution in [0.25, 0.3) is 10.9 Å². The molecule has 1 amide bonds. The van der Waals surface area contributed by atoms with E-state index in [2.05, 4.69) is 15.2 Å². The summed E-state index contributed by atoms with van der Waals surface area (Å²) in [5.41, 5.74) is 2.76. The molecule has 5 heteroatoms. The molecule has 0 bridgehead atoms. The van der Waals surface area contributed by atoms with E-state index in [-0.39, 0.29) is 17.5 Å². The second-order valence-corrected chi connectivity index (χ2v) is 6.14. The van der Waals surface area contributed by atoms with Crippen molar-refractivity contribution >= 4 is 16.8 Å². The van der Waals surface area contributed by atoms with Crippen LogP contribution in [0.2, 0.25) is 0 Å². The molecule has 2 N–H and O–H groups in total. The molecule has 0 aliphatic carbocycles. The van der Waals surface area contributed by atoms with Gasteiger partial charge in [0.1, 0.15) is 0 Å². The van der Waals surface area contributed by atoms with Crippen LogP contribution in [-0.4, -0.2) is 34.9 Å². The molecule has 1 saturated heterocycles. The topological polar surface area (TPSA) is 65.2 Å². The van der Waals surface area contributed by atoms with Crippen LogP contribution in [0.15, 0.2) is 29.1 Å². The highest BCUT2D eigenvalue weighted by molar-refractivity contribution is 5.79. The van der Waals surface area contributed by atoms with Crippen molar-refractivity contribution in [3.8, 4) is 0 Å². The smallest absolute Gasteiger partial charge is 0.252 e.